The van der Waals surface area contributed by atoms with E-state index in [0.29, 0.717) is 13.2 Å². The Labute approximate surface area is 162 Å². The summed E-state index contributed by atoms with van der Waals surface area (Å²) in [6.45, 7) is 2.99. The van der Waals surface area contributed by atoms with E-state index in [-0.39, 0.29) is 0 Å². The number of benzene rings is 2. The first-order valence-electron chi connectivity index (χ1n) is 9.15. The Hall–Kier alpha value is -2.73. The van der Waals surface area contributed by atoms with Crippen molar-refractivity contribution in [2.24, 2.45) is 4.99 Å². The van der Waals surface area contributed by atoms with Gasteiger partial charge in [0.15, 0.2) is 5.96 Å². The maximum atomic E-state index is 5.39. The molecule has 6 nitrogen and oxygen atoms in total. The van der Waals surface area contributed by atoms with Crippen LogP contribution in [-0.4, -0.2) is 46.9 Å². The zero-order valence-corrected chi connectivity index (χ0v) is 16.4. The van der Waals surface area contributed by atoms with E-state index in [9.17, 15) is 0 Å². The first-order chi connectivity index (χ1) is 13.3. The van der Waals surface area contributed by atoms with E-state index in [4.69, 9.17) is 9.47 Å². The maximum absolute atomic E-state index is 5.39. The maximum Gasteiger partial charge on any atom is 0.191 e. The second-order valence-corrected chi connectivity index (χ2v) is 6.03. The van der Waals surface area contributed by atoms with Crippen molar-refractivity contribution in [1.29, 1.82) is 0 Å². The molecule has 0 unspecified atom stereocenters. The van der Waals surface area contributed by atoms with Crippen LogP contribution in [0, 0.1) is 0 Å². The van der Waals surface area contributed by atoms with Gasteiger partial charge in [0, 0.05) is 39.5 Å². The van der Waals surface area contributed by atoms with Gasteiger partial charge in [0.1, 0.15) is 5.75 Å². The summed E-state index contributed by atoms with van der Waals surface area (Å²) in [5.41, 5.74) is 3.47. The van der Waals surface area contributed by atoms with E-state index in [1.165, 1.54) is 11.1 Å². The molecule has 0 saturated heterocycles. The molecular formula is C21H30N4O2. The largest absolute Gasteiger partial charge is 0.496 e. The second kappa shape index (κ2) is 11.8. The first-order valence-corrected chi connectivity index (χ1v) is 9.15. The average molecular weight is 370 g/mol. The minimum atomic E-state index is 0.695. The number of ether oxygens (including phenoxy) is 2. The fourth-order valence-electron chi connectivity index (χ4n) is 2.67. The Morgan fingerprint density at radius 1 is 0.963 bits per heavy atom. The topological polar surface area (TPSA) is 66.9 Å². The van der Waals surface area contributed by atoms with Crippen LogP contribution in [0.4, 0.5) is 5.69 Å². The summed E-state index contributed by atoms with van der Waals surface area (Å²) in [5.74, 6) is 1.70. The van der Waals surface area contributed by atoms with Gasteiger partial charge in [0.25, 0.3) is 0 Å². The molecule has 0 aromatic heterocycles. The van der Waals surface area contributed by atoms with Crippen LogP contribution in [0.2, 0.25) is 0 Å². The summed E-state index contributed by atoms with van der Waals surface area (Å²) in [6.07, 6.45) is 0.868. The summed E-state index contributed by atoms with van der Waals surface area (Å²) in [5, 5.41) is 9.99. The summed E-state index contributed by atoms with van der Waals surface area (Å²) in [7, 11) is 5.18. The van der Waals surface area contributed by atoms with Gasteiger partial charge in [-0.25, -0.2) is 0 Å². The third-order valence-corrected chi connectivity index (χ3v) is 4.15. The van der Waals surface area contributed by atoms with Crippen LogP contribution in [0.25, 0.3) is 0 Å². The van der Waals surface area contributed by atoms with Crippen LogP contribution in [0.5, 0.6) is 5.75 Å². The fraction of sp³-hybridized carbons (Fsp3) is 0.381. The highest BCUT2D eigenvalue weighted by atomic mass is 16.5. The molecule has 0 aliphatic carbocycles. The molecule has 2 aromatic carbocycles. The van der Waals surface area contributed by atoms with Gasteiger partial charge >= 0.3 is 0 Å². The third kappa shape index (κ3) is 7.19. The predicted octanol–water partition coefficient (Wildman–Crippen LogP) is 2.66. The number of nitrogens with zero attached hydrogens (tertiary/aromatic N) is 1. The van der Waals surface area contributed by atoms with Crippen molar-refractivity contribution in [3.63, 3.8) is 0 Å². The average Bonchev–Trinajstić information content (AvgIpc) is 2.72. The van der Waals surface area contributed by atoms with Gasteiger partial charge in [-0.05, 0) is 35.7 Å². The zero-order valence-electron chi connectivity index (χ0n) is 16.4. The van der Waals surface area contributed by atoms with Crippen LogP contribution >= 0.6 is 0 Å². The lowest BCUT2D eigenvalue weighted by Gasteiger charge is -2.13. The minimum absolute atomic E-state index is 0.695. The molecule has 0 bridgehead atoms. The summed E-state index contributed by atoms with van der Waals surface area (Å²) >= 11 is 0. The van der Waals surface area contributed by atoms with Crippen molar-refractivity contribution in [3.05, 3.63) is 59.7 Å². The smallest absolute Gasteiger partial charge is 0.191 e. The number of anilines is 1. The monoisotopic (exact) mass is 370 g/mol. The van der Waals surface area contributed by atoms with Crippen molar-refractivity contribution >= 4 is 11.6 Å². The van der Waals surface area contributed by atoms with Crippen LogP contribution < -0.4 is 20.7 Å². The van der Waals surface area contributed by atoms with Crippen molar-refractivity contribution in [2.45, 2.75) is 13.0 Å². The Morgan fingerprint density at radius 3 is 2.44 bits per heavy atom. The second-order valence-electron chi connectivity index (χ2n) is 6.03. The van der Waals surface area contributed by atoms with Crippen LogP contribution in [0.15, 0.2) is 53.5 Å². The lowest BCUT2D eigenvalue weighted by atomic mass is 10.1. The van der Waals surface area contributed by atoms with Crippen molar-refractivity contribution in [2.75, 3.05) is 46.3 Å². The molecule has 0 amide bonds. The number of para-hydroxylation sites is 1. The molecule has 2 rings (SSSR count). The Balaban J connectivity index is 1.75. The number of hydrogen-bond acceptors (Lipinski definition) is 4. The molecule has 0 saturated carbocycles. The van der Waals surface area contributed by atoms with Gasteiger partial charge < -0.3 is 25.4 Å². The first kappa shape index (κ1) is 20.6. The van der Waals surface area contributed by atoms with E-state index in [0.717, 1.165) is 36.9 Å². The number of hydrogen-bond donors (Lipinski definition) is 3. The van der Waals surface area contributed by atoms with E-state index < -0.39 is 0 Å². The highest BCUT2D eigenvalue weighted by Gasteiger charge is 2.03. The van der Waals surface area contributed by atoms with Crippen LogP contribution in [0.3, 0.4) is 0 Å². The molecule has 0 fully saturated rings. The summed E-state index contributed by atoms with van der Waals surface area (Å²) in [6, 6.07) is 16.4. The molecule has 27 heavy (non-hydrogen) atoms. The number of rotatable bonds is 10. The van der Waals surface area contributed by atoms with Gasteiger partial charge in [-0.15, -0.1) is 0 Å². The molecule has 0 spiro atoms. The Kier molecular flexibility index (Phi) is 9.00. The lowest BCUT2D eigenvalue weighted by molar-refractivity contribution is 0.211. The van der Waals surface area contributed by atoms with Crippen LogP contribution in [-0.2, 0) is 17.7 Å². The molecule has 0 atom stereocenters. The van der Waals surface area contributed by atoms with Gasteiger partial charge in [0.05, 0.1) is 13.7 Å². The number of aliphatic imine (C=N–C) groups is 1. The summed E-state index contributed by atoms with van der Waals surface area (Å²) in [4.78, 5) is 4.28. The van der Waals surface area contributed by atoms with Gasteiger partial charge in [-0.3, -0.25) is 4.99 Å². The molecular weight excluding hydrogens is 340 g/mol. The number of guanidine groups is 1. The third-order valence-electron chi connectivity index (χ3n) is 4.15. The molecule has 0 radical (unpaired) electrons. The molecule has 0 aliphatic heterocycles. The Bertz CT molecular complexity index is 702. The van der Waals surface area contributed by atoms with Crippen molar-refractivity contribution < 1.29 is 9.47 Å². The SMILES string of the molecule is CN=C(NCCc1ccccc1OC)NCc1ccc(NCCOC)cc1. The van der Waals surface area contributed by atoms with Crippen molar-refractivity contribution in [1.82, 2.24) is 10.6 Å². The molecule has 2 aromatic rings. The fourth-order valence-corrected chi connectivity index (χ4v) is 2.67. The normalized spacial score (nSPS) is 11.1. The standard InChI is InChI=1S/C21H30N4O2/c1-22-21(24-13-12-18-6-4-5-7-20(18)27-3)25-16-17-8-10-19(11-9-17)23-14-15-26-2/h4-11,23H,12-16H2,1-3H3,(H2,22,24,25). The molecule has 0 aliphatic rings. The Morgan fingerprint density at radius 2 is 1.74 bits per heavy atom. The molecule has 0 heterocycles. The van der Waals surface area contributed by atoms with E-state index in [2.05, 4.69) is 51.3 Å². The van der Waals surface area contributed by atoms with E-state index >= 15 is 0 Å². The van der Waals surface area contributed by atoms with Gasteiger partial charge in [-0.2, -0.15) is 0 Å². The van der Waals surface area contributed by atoms with E-state index in [1.807, 2.05) is 18.2 Å². The zero-order chi connectivity index (χ0) is 19.3. The summed E-state index contributed by atoms with van der Waals surface area (Å²) < 4.78 is 10.4. The van der Waals surface area contributed by atoms with E-state index in [1.54, 1.807) is 21.3 Å². The lowest BCUT2D eigenvalue weighted by Crippen LogP contribution is -2.37. The minimum Gasteiger partial charge on any atom is -0.496 e. The highest BCUT2D eigenvalue weighted by molar-refractivity contribution is 5.79. The van der Waals surface area contributed by atoms with Gasteiger partial charge in [-0.1, -0.05) is 30.3 Å². The van der Waals surface area contributed by atoms with Crippen molar-refractivity contribution in [3.8, 4) is 5.75 Å². The van der Waals surface area contributed by atoms with Crippen LogP contribution in [0.1, 0.15) is 11.1 Å². The number of nitrogens with one attached hydrogen (secondary N) is 3. The molecule has 3 N–H and O–H groups in total. The number of methoxy groups -OCH3 is 2. The predicted molar refractivity (Wildman–Crippen MR) is 112 cm³/mol. The molecule has 6 heteroatoms. The van der Waals surface area contributed by atoms with Gasteiger partial charge in [0.2, 0.25) is 0 Å². The quantitative estimate of drug-likeness (QED) is 0.341. The molecule has 146 valence electrons. The highest BCUT2D eigenvalue weighted by Crippen LogP contribution is 2.17.